The minimum Gasteiger partial charge on any atom is -0.400 e. The highest BCUT2D eigenvalue weighted by Gasteiger charge is 2.52. The van der Waals surface area contributed by atoms with Crippen LogP contribution in [-0.2, 0) is 9.31 Å². The van der Waals surface area contributed by atoms with E-state index in [4.69, 9.17) is 9.31 Å². The first-order valence-electron chi connectivity index (χ1n) is 8.65. The van der Waals surface area contributed by atoms with Crippen LogP contribution in [0.1, 0.15) is 33.3 Å². The second-order valence-electron chi connectivity index (χ2n) is 7.45. The molecule has 1 saturated heterocycles. The fourth-order valence-electron chi connectivity index (χ4n) is 2.80. The van der Waals surface area contributed by atoms with Crippen molar-refractivity contribution in [2.45, 2.75) is 38.9 Å². The predicted molar refractivity (Wildman–Crippen MR) is 110 cm³/mol. The van der Waals surface area contributed by atoms with E-state index in [1.165, 1.54) is 11.1 Å². The summed E-state index contributed by atoms with van der Waals surface area (Å²) in [4.78, 5) is 0. The Kier molecular flexibility index (Phi) is 5.15. The summed E-state index contributed by atoms with van der Waals surface area (Å²) in [6.45, 7) is 8.27. The maximum Gasteiger partial charge on any atom is 0.491 e. The molecule has 25 heavy (non-hydrogen) atoms. The third-order valence-corrected chi connectivity index (χ3v) is 5.47. The third kappa shape index (κ3) is 3.86. The largest absolute Gasteiger partial charge is 0.491 e. The molecule has 3 rings (SSSR count). The molecule has 1 aliphatic heterocycles. The molecule has 2 aromatic carbocycles. The van der Waals surface area contributed by atoms with Crippen molar-refractivity contribution >= 4 is 25.8 Å². The fraction of sp³-hybridized carbons (Fsp3) is 0.333. The van der Waals surface area contributed by atoms with Gasteiger partial charge in [-0.25, -0.2) is 0 Å². The summed E-state index contributed by atoms with van der Waals surface area (Å²) in [5.41, 5.74) is 3.92. The maximum atomic E-state index is 6.14. The van der Waals surface area contributed by atoms with Gasteiger partial charge in [-0.1, -0.05) is 60.7 Å². The fourth-order valence-corrected chi connectivity index (χ4v) is 3.04. The molecule has 0 aromatic heterocycles. The summed E-state index contributed by atoms with van der Waals surface area (Å²) in [7, 11) is -0.351. The van der Waals surface area contributed by atoms with Gasteiger partial charge in [0.25, 0.3) is 0 Å². The Bertz CT molecular complexity index is 735. The SMILES string of the molecule is CC1(C)OB(C(=Cc2ccc(-c3ccccc3)cc2)CS)OC1(C)C. The predicted octanol–water partition coefficient (Wildman–Crippen LogP) is 5.30. The molecular formula is C21H25BO2S. The van der Waals surface area contributed by atoms with Gasteiger partial charge in [-0.2, -0.15) is 12.6 Å². The van der Waals surface area contributed by atoms with E-state index in [1.807, 2.05) is 6.07 Å². The standard InChI is InChI=1S/C21H25BO2S/c1-20(2)21(3,4)24-22(23-20)19(15-25)14-16-10-12-18(13-11-16)17-8-6-5-7-9-17/h5-14,25H,15H2,1-4H3. The second kappa shape index (κ2) is 7.03. The maximum absolute atomic E-state index is 6.14. The summed E-state index contributed by atoms with van der Waals surface area (Å²) in [6, 6.07) is 18.9. The lowest BCUT2D eigenvalue weighted by Crippen LogP contribution is -2.41. The van der Waals surface area contributed by atoms with Crippen LogP contribution in [0.2, 0.25) is 0 Å². The lowest BCUT2D eigenvalue weighted by atomic mass is 9.78. The van der Waals surface area contributed by atoms with Crippen molar-refractivity contribution in [3.05, 3.63) is 65.6 Å². The van der Waals surface area contributed by atoms with Crippen molar-refractivity contribution in [3.8, 4) is 11.1 Å². The number of benzene rings is 2. The average molecular weight is 352 g/mol. The van der Waals surface area contributed by atoms with Crippen LogP contribution >= 0.6 is 12.6 Å². The highest BCUT2D eigenvalue weighted by molar-refractivity contribution is 7.80. The van der Waals surface area contributed by atoms with E-state index < -0.39 is 0 Å². The molecule has 0 aliphatic carbocycles. The second-order valence-corrected chi connectivity index (χ2v) is 7.77. The zero-order valence-corrected chi connectivity index (χ0v) is 16.2. The Morgan fingerprint density at radius 1 is 0.880 bits per heavy atom. The molecule has 1 fully saturated rings. The van der Waals surface area contributed by atoms with Crippen molar-refractivity contribution in [2.75, 3.05) is 5.75 Å². The minimum absolute atomic E-state index is 0.336. The van der Waals surface area contributed by atoms with Gasteiger partial charge in [0.15, 0.2) is 0 Å². The summed E-state index contributed by atoms with van der Waals surface area (Å²) in [5.74, 6) is 0.595. The topological polar surface area (TPSA) is 18.5 Å². The van der Waals surface area contributed by atoms with Gasteiger partial charge in [0.05, 0.1) is 11.2 Å². The summed E-state index contributed by atoms with van der Waals surface area (Å²) in [5, 5.41) is 0. The van der Waals surface area contributed by atoms with Crippen LogP contribution in [0.4, 0.5) is 0 Å². The summed E-state index contributed by atoms with van der Waals surface area (Å²) >= 11 is 4.48. The number of hydrogen-bond acceptors (Lipinski definition) is 3. The third-order valence-electron chi connectivity index (χ3n) is 5.11. The van der Waals surface area contributed by atoms with E-state index in [-0.39, 0.29) is 18.3 Å². The molecule has 0 N–H and O–H groups in total. The van der Waals surface area contributed by atoms with Gasteiger partial charge in [-0.15, -0.1) is 0 Å². The molecule has 0 amide bonds. The smallest absolute Gasteiger partial charge is 0.400 e. The molecule has 0 bridgehead atoms. The molecule has 2 nitrogen and oxygen atoms in total. The van der Waals surface area contributed by atoms with Crippen LogP contribution in [0.3, 0.4) is 0 Å². The van der Waals surface area contributed by atoms with Gasteiger partial charge in [-0.3, -0.25) is 0 Å². The van der Waals surface area contributed by atoms with Gasteiger partial charge in [0.1, 0.15) is 0 Å². The van der Waals surface area contributed by atoms with E-state index in [0.717, 1.165) is 11.0 Å². The first kappa shape index (κ1) is 18.3. The van der Waals surface area contributed by atoms with Crippen LogP contribution in [-0.4, -0.2) is 24.1 Å². The van der Waals surface area contributed by atoms with E-state index in [2.05, 4.69) is 94.9 Å². The zero-order valence-electron chi connectivity index (χ0n) is 15.3. The quantitative estimate of drug-likeness (QED) is 0.595. The van der Waals surface area contributed by atoms with Crippen molar-refractivity contribution in [3.63, 3.8) is 0 Å². The van der Waals surface area contributed by atoms with Crippen LogP contribution in [0.5, 0.6) is 0 Å². The normalized spacial score (nSPS) is 19.2. The monoisotopic (exact) mass is 352 g/mol. The molecule has 0 saturated carbocycles. The zero-order chi connectivity index (χ0) is 18.1. The number of rotatable bonds is 4. The van der Waals surface area contributed by atoms with Gasteiger partial charge in [0.2, 0.25) is 0 Å². The van der Waals surface area contributed by atoms with Crippen LogP contribution in [0.15, 0.2) is 60.1 Å². The molecule has 1 heterocycles. The van der Waals surface area contributed by atoms with Crippen molar-refractivity contribution in [1.82, 2.24) is 0 Å². The molecule has 0 unspecified atom stereocenters. The molecule has 2 aromatic rings. The van der Waals surface area contributed by atoms with Crippen LogP contribution < -0.4 is 0 Å². The summed E-state index contributed by atoms with van der Waals surface area (Å²) in [6.07, 6.45) is 2.11. The van der Waals surface area contributed by atoms with Gasteiger partial charge >= 0.3 is 7.12 Å². The Morgan fingerprint density at radius 2 is 1.40 bits per heavy atom. The van der Waals surface area contributed by atoms with Crippen molar-refractivity contribution in [2.24, 2.45) is 0 Å². The Morgan fingerprint density at radius 3 is 1.92 bits per heavy atom. The average Bonchev–Trinajstić information content (AvgIpc) is 2.81. The molecular weight excluding hydrogens is 327 g/mol. The van der Waals surface area contributed by atoms with E-state index in [1.54, 1.807) is 0 Å². The molecule has 130 valence electrons. The molecule has 0 atom stereocenters. The van der Waals surface area contributed by atoms with Crippen LogP contribution in [0.25, 0.3) is 17.2 Å². The first-order valence-corrected chi connectivity index (χ1v) is 9.28. The van der Waals surface area contributed by atoms with Crippen molar-refractivity contribution < 1.29 is 9.31 Å². The van der Waals surface area contributed by atoms with E-state index in [0.29, 0.717) is 5.75 Å². The molecule has 1 aliphatic rings. The lowest BCUT2D eigenvalue weighted by molar-refractivity contribution is 0.00578. The van der Waals surface area contributed by atoms with E-state index in [9.17, 15) is 0 Å². The Labute approximate surface area is 156 Å². The number of hydrogen-bond donors (Lipinski definition) is 1. The Hall–Kier alpha value is -1.49. The molecule has 4 heteroatoms. The lowest BCUT2D eigenvalue weighted by Gasteiger charge is -2.32. The van der Waals surface area contributed by atoms with Gasteiger partial charge in [0, 0.05) is 5.75 Å². The van der Waals surface area contributed by atoms with Crippen molar-refractivity contribution in [1.29, 1.82) is 0 Å². The highest BCUT2D eigenvalue weighted by atomic mass is 32.1. The molecule has 0 spiro atoms. The highest BCUT2D eigenvalue weighted by Crippen LogP contribution is 2.39. The first-order chi connectivity index (χ1) is 11.8. The van der Waals surface area contributed by atoms with Gasteiger partial charge in [-0.05, 0) is 49.9 Å². The van der Waals surface area contributed by atoms with Gasteiger partial charge < -0.3 is 9.31 Å². The minimum atomic E-state index is -0.351. The number of thiol groups is 1. The van der Waals surface area contributed by atoms with Crippen LogP contribution in [0, 0.1) is 0 Å². The summed E-state index contributed by atoms with van der Waals surface area (Å²) < 4.78 is 12.3. The Balaban J connectivity index is 1.81. The van der Waals surface area contributed by atoms with E-state index >= 15 is 0 Å². The molecule has 0 radical (unpaired) electrons.